The predicted molar refractivity (Wildman–Crippen MR) is 65.9 cm³/mol. The van der Waals surface area contributed by atoms with Gasteiger partial charge in [-0.1, -0.05) is 6.07 Å². The number of anilines is 1. The summed E-state index contributed by atoms with van der Waals surface area (Å²) in [6, 6.07) is 3.86. The Labute approximate surface area is 110 Å². The normalized spacial score (nSPS) is 20.3. The molecule has 1 aliphatic heterocycles. The van der Waals surface area contributed by atoms with E-state index in [9.17, 15) is 13.2 Å². The van der Waals surface area contributed by atoms with Crippen LogP contribution in [0.25, 0.3) is 0 Å². The number of ether oxygens (including phenoxy) is 1. The average molecular weight is 274 g/mol. The molecule has 2 heterocycles. The monoisotopic (exact) mass is 274 g/mol. The molecule has 0 bridgehead atoms. The first-order valence-corrected chi connectivity index (χ1v) is 6.45. The first-order chi connectivity index (χ1) is 9.05. The molecule has 0 radical (unpaired) electrons. The maximum Gasteiger partial charge on any atom is 0.433 e. The Balaban J connectivity index is 1.82. The lowest BCUT2D eigenvalue weighted by Gasteiger charge is -2.22. The predicted octanol–water partition coefficient (Wildman–Crippen LogP) is 3.47. The molecule has 1 fully saturated rings. The highest BCUT2D eigenvalue weighted by molar-refractivity contribution is 5.35. The zero-order valence-corrected chi connectivity index (χ0v) is 10.5. The van der Waals surface area contributed by atoms with Gasteiger partial charge in [0.25, 0.3) is 0 Å². The highest BCUT2D eigenvalue weighted by Gasteiger charge is 2.32. The van der Waals surface area contributed by atoms with Gasteiger partial charge in [-0.2, -0.15) is 13.2 Å². The van der Waals surface area contributed by atoms with Crippen LogP contribution in [0.2, 0.25) is 0 Å². The third-order valence-corrected chi connectivity index (χ3v) is 3.09. The molecule has 0 aliphatic carbocycles. The van der Waals surface area contributed by atoms with Crippen LogP contribution in [-0.2, 0) is 10.9 Å². The van der Waals surface area contributed by atoms with Crippen LogP contribution in [0.1, 0.15) is 31.4 Å². The van der Waals surface area contributed by atoms with Crippen LogP contribution in [-0.4, -0.2) is 24.2 Å². The molecule has 1 aromatic rings. The topological polar surface area (TPSA) is 34.1 Å². The number of nitrogens with zero attached hydrogens (tertiary/aromatic N) is 1. The molecule has 0 amide bonds. The van der Waals surface area contributed by atoms with Crippen molar-refractivity contribution in [3.63, 3.8) is 0 Å². The molecular weight excluding hydrogens is 257 g/mol. The third kappa shape index (κ3) is 4.38. The largest absolute Gasteiger partial charge is 0.433 e. The fourth-order valence-corrected chi connectivity index (χ4v) is 2.09. The van der Waals surface area contributed by atoms with E-state index in [-0.39, 0.29) is 11.9 Å². The van der Waals surface area contributed by atoms with Crippen molar-refractivity contribution in [2.45, 2.75) is 38.0 Å². The summed E-state index contributed by atoms with van der Waals surface area (Å²) >= 11 is 0. The minimum atomic E-state index is -4.40. The second kappa shape index (κ2) is 6.23. The van der Waals surface area contributed by atoms with Gasteiger partial charge in [0, 0.05) is 13.2 Å². The standard InChI is InChI=1S/C13H17F3N2O/c14-13(15,16)11-5-3-6-12(18-11)17-8-7-10-4-1-2-9-19-10/h3,5-6,10H,1-2,4,7-9H2,(H,17,18). The van der Waals surface area contributed by atoms with Gasteiger partial charge in [-0.3, -0.25) is 0 Å². The molecule has 106 valence electrons. The lowest BCUT2D eigenvalue weighted by molar-refractivity contribution is -0.141. The Morgan fingerprint density at radius 3 is 2.84 bits per heavy atom. The molecule has 0 aromatic carbocycles. The van der Waals surface area contributed by atoms with E-state index in [1.165, 1.54) is 12.1 Å². The molecule has 19 heavy (non-hydrogen) atoms. The number of aromatic nitrogens is 1. The van der Waals surface area contributed by atoms with Gasteiger partial charge in [0.15, 0.2) is 0 Å². The van der Waals surface area contributed by atoms with Crippen molar-refractivity contribution in [3.8, 4) is 0 Å². The van der Waals surface area contributed by atoms with E-state index in [0.29, 0.717) is 6.54 Å². The summed E-state index contributed by atoms with van der Waals surface area (Å²) in [5.74, 6) is 0.255. The van der Waals surface area contributed by atoms with E-state index in [4.69, 9.17) is 4.74 Å². The molecule has 1 atom stereocenters. The Morgan fingerprint density at radius 1 is 1.32 bits per heavy atom. The van der Waals surface area contributed by atoms with E-state index < -0.39 is 11.9 Å². The van der Waals surface area contributed by atoms with Crippen LogP contribution in [0.3, 0.4) is 0 Å². The molecule has 1 aromatic heterocycles. The second-order valence-corrected chi connectivity index (χ2v) is 4.61. The minimum absolute atomic E-state index is 0.215. The molecule has 1 saturated heterocycles. The highest BCUT2D eigenvalue weighted by Crippen LogP contribution is 2.28. The minimum Gasteiger partial charge on any atom is -0.378 e. The van der Waals surface area contributed by atoms with Gasteiger partial charge in [0.1, 0.15) is 11.5 Å². The summed E-state index contributed by atoms with van der Waals surface area (Å²) in [4.78, 5) is 3.55. The molecule has 3 nitrogen and oxygen atoms in total. The number of alkyl halides is 3. The summed E-state index contributed by atoms with van der Waals surface area (Å²) in [6.07, 6.45) is -0.113. The van der Waals surface area contributed by atoms with Gasteiger partial charge in [-0.25, -0.2) is 4.98 Å². The van der Waals surface area contributed by atoms with Gasteiger partial charge in [-0.15, -0.1) is 0 Å². The van der Waals surface area contributed by atoms with Crippen LogP contribution < -0.4 is 5.32 Å². The molecule has 0 saturated carbocycles. The molecular formula is C13H17F3N2O. The summed E-state index contributed by atoms with van der Waals surface area (Å²) in [7, 11) is 0. The summed E-state index contributed by atoms with van der Waals surface area (Å²) in [6.45, 7) is 1.35. The zero-order valence-electron chi connectivity index (χ0n) is 10.5. The lowest BCUT2D eigenvalue weighted by Crippen LogP contribution is -2.22. The van der Waals surface area contributed by atoms with Crippen LogP contribution in [0, 0.1) is 0 Å². The Morgan fingerprint density at radius 2 is 2.16 bits per heavy atom. The van der Waals surface area contributed by atoms with E-state index in [0.717, 1.165) is 38.4 Å². The van der Waals surface area contributed by atoms with Crippen molar-refractivity contribution >= 4 is 5.82 Å². The average Bonchev–Trinajstić information content (AvgIpc) is 2.39. The first-order valence-electron chi connectivity index (χ1n) is 6.45. The van der Waals surface area contributed by atoms with Gasteiger partial charge in [0.2, 0.25) is 0 Å². The van der Waals surface area contributed by atoms with Crippen molar-refractivity contribution in [2.24, 2.45) is 0 Å². The summed E-state index contributed by atoms with van der Waals surface area (Å²) in [5, 5.41) is 2.91. The Hall–Kier alpha value is -1.30. The second-order valence-electron chi connectivity index (χ2n) is 4.61. The van der Waals surface area contributed by atoms with Crippen molar-refractivity contribution in [3.05, 3.63) is 23.9 Å². The van der Waals surface area contributed by atoms with Gasteiger partial charge >= 0.3 is 6.18 Å². The number of hydrogen-bond donors (Lipinski definition) is 1. The summed E-state index contributed by atoms with van der Waals surface area (Å²) < 4.78 is 43.0. The number of halogens is 3. The molecule has 2 rings (SSSR count). The van der Waals surface area contributed by atoms with Crippen LogP contribution >= 0.6 is 0 Å². The number of pyridine rings is 1. The summed E-state index contributed by atoms with van der Waals surface area (Å²) in [5.41, 5.74) is -0.869. The highest BCUT2D eigenvalue weighted by atomic mass is 19.4. The fourth-order valence-electron chi connectivity index (χ4n) is 2.09. The Bertz CT molecular complexity index is 403. The first kappa shape index (κ1) is 14.1. The van der Waals surface area contributed by atoms with Crippen molar-refractivity contribution in [1.82, 2.24) is 4.98 Å². The van der Waals surface area contributed by atoms with E-state index in [1.807, 2.05) is 0 Å². The van der Waals surface area contributed by atoms with Gasteiger partial charge < -0.3 is 10.1 Å². The molecule has 6 heteroatoms. The number of rotatable bonds is 4. The molecule has 1 unspecified atom stereocenters. The smallest absolute Gasteiger partial charge is 0.378 e. The number of hydrogen-bond acceptors (Lipinski definition) is 3. The molecule has 0 spiro atoms. The maximum atomic E-state index is 12.5. The maximum absolute atomic E-state index is 12.5. The van der Waals surface area contributed by atoms with E-state index >= 15 is 0 Å². The fraction of sp³-hybridized carbons (Fsp3) is 0.615. The molecule has 1 N–H and O–H groups in total. The van der Waals surface area contributed by atoms with Crippen molar-refractivity contribution in [1.29, 1.82) is 0 Å². The SMILES string of the molecule is FC(F)(F)c1cccc(NCCC2CCCCO2)n1. The quantitative estimate of drug-likeness (QED) is 0.912. The number of nitrogens with one attached hydrogen (secondary N) is 1. The van der Waals surface area contributed by atoms with Gasteiger partial charge in [0.05, 0.1) is 6.10 Å². The molecule has 1 aliphatic rings. The van der Waals surface area contributed by atoms with E-state index in [2.05, 4.69) is 10.3 Å². The van der Waals surface area contributed by atoms with Crippen molar-refractivity contribution in [2.75, 3.05) is 18.5 Å². The lowest BCUT2D eigenvalue weighted by atomic mass is 10.1. The van der Waals surface area contributed by atoms with Crippen LogP contribution in [0.4, 0.5) is 19.0 Å². The third-order valence-electron chi connectivity index (χ3n) is 3.09. The van der Waals surface area contributed by atoms with Crippen molar-refractivity contribution < 1.29 is 17.9 Å². The van der Waals surface area contributed by atoms with Crippen LogP contribution in [0.5, 0.6) is 0 Å². The zero-order chi connectivity index (χ0) is 13.7. The van der Waals surface area contributed by atoms with Crippen LogP contribution in [0.15, 0.2) is 18.2 Å². The Kier molecular flexibility index (Phi) is 4.63. The van der Waals surface area contributed by atoms with Gasteiger partial charge in [-0.05, 0) is 37.8 Å². The van der Waals surface area contributed by atoms with E-state index in [1.54, 1.807) is 0 Å².